The molecule has 1 heterocycles. The van der Waals surface area contributed by atoms with Crippen molar-refractivity contribution in [3.05, 3.63) is 18.1 Å². The summed E-state index contributed by atoms with van der Waals surface area (Å²) in [6.07, 6.45) is 2.85. The number of nitrogens with zero attached hydrogens (tertiary/aromatic N) is 3. The number of carbonyl (C=O) groups excluding carboxylic acids is 2. The first-order chi connectivity index (χ1) is 9.06. The molecule has 1 aromatic heterocycles. The van der Waals surface area contributed by atoms with Gasteiger partial charge in [0.05, 0.1) is 0 Å². The maximum atomic E-state index is 11.3. The maximum Gasteiger partial charge on any atom is 0.219 e. The van der Waals surface area contributed by atoms with Gasteiger partial charge in [-0.3, -0.25) is 9.59 Å². The standard InChI is InChI=1S/C13H20N4O2/c1-4-17(11(3)19)6-5-10(2)16-13-7-12(8-18)14-9-15-13/h7-10H,4-6H2,1-3H3,(H,14,15,16). The van der Waals surface area contributed by atoms with Crippen molar-refractivity contribution in [2.24, 2.45) is 0 Å². The van der Waals surface area contributed by atoms with Crippen molar-refractivity contribution in [1.29, 1.82) is 0 Å². The summed E-state index contributed by atoms with van der Waals surface area (Å²) in [7, 11) is 0. The number of amides is 1. The number of nitrogens with one attached hydrogen (secondary N) is 1. The van der Waals surface area contributed by atoms with Crippen molar-refractivity contribution >= 4 is 18.0 Å². The summed E-state index contributed by atoms with van der Waals surface area (Å²) in [5.74, 6) is 0.704. The highest BCUT2D eigenvalue weighted by molar-refractivity contribution is 5.73. The number of carbonyl (C=O) groups is 2. The fraction of sp³-hybridized carbons (Fsp3) is 0.538. The van der Waals surface area contributed by atoms with E-state index in [0.29, 0.717) is 30.9 Å². The second-order valence-electron chi connectivity index (χ2n) is 4.38. The molecule has 1 amide bonds. The molecule has 1 aromatic rings. The SMILES string of the molecule is CCN(CCC(C)Nc1cc(C=O)ncn1)C(C)=O. The molecule has 0 saturated carbocycles. The molecule has 0 radical (unpaired) electrons. The summed E-state index contributed by atoms with van der Waals surface area (Å²) in [4.78, 5) is 31.5. The Morgan fingerprint density at radius 1 is 1.53 bits per heavy atom. The van der Waals surface area contributed by atoms with E-state index in [9.17, 15) is 9.59 Å². The van der Waals surface area contributed by atoms with Crippen molar-refractivity contribution in [3.63, 3.8) is 0 Å². The fourth-order valence-electron chi connectivity index (χ4n) is 1.73. The van der Waals surface area contributed by atoms with Crippen molar-refractivity contribution in [2.75, 3.05) is 18.4 Å². The van der Waals surface area contributed by atoms with E-state index in [2.05, 4.69) is 15.3 Å². The molecule has 0 aliphatic heterocycles. The van der Waals surface area contributed by atoms with Gasteiger partial charge in [-0.1, -0.05) is 0 Å². The molecule has 0 aromatic carbocycles. The van der Waals surface area contributed by atoms with E-state index in [1.54, 1.807) is 17.9 Å². The lowest BCUT2D eigenvalue weighted by atomic mass is 10.2. The van der Waals surface area contributed by atoms with Crippen LogP contribution in [0, 0.1) is 0 Å². The Balaban J connectivity index is 2.48. The molecule has 1 N–H and O–H groups in total. The molecule has 6 heteroatoms. The first-order valence-corrected chi connectivity index (χ1v) is 6.36. The molecule has 0 bridgehead atoms. The fourth-order valence-corrected chi connectivity index (χ4v) is 1.73. The molecule has 19 heavy (non-hydrogen) atoms. The van der Waals surface area contributed by atoms with Crippen LogP contribution in [-0.4, -0.2) is 46.2 Å². The third-order valence-corrected chi connectivity index (χ3v) is 2.86. The van der Waals surface area contributed by atoms with Crippen LogP contribution in [0.4, 0.5) is 5.82 Å². The molecule has 0 aliphatic rings. The van der Waals surface area contributed by atoms with Crippen LogP contribution >= 0.6 is 0 Å². The van der Waals surface area contributed by atoms with Crippen molar-refractivity contribution < 1.29 is 9.59 Å². The average Bonchev–Trinajstić information content (AvgIpc) is 2.39. The van der Waals surface area contributed by atoms with Crippen LogP contribution in [0.3, 0.4) is 0 Å². The maximum absolute atomic E-state index is 11.3. The van der Waals surface area contributed by atoms with E-state index < -0.39 is 0 Å². The zero-order valence-corrected chi connectivity index (χ0v) is 11.6. The van der Waals surface area contributed by atoms with Crippen molar-refractivity contribution in [1.82, 2.24) is 14.9 Å². The molecule has 0 saturated heterocycles. The third kappa shape index (κ3) is 5.03. The second kappa shape index (κ2) is 7.45. The Morgan fingerprint density at radius 3 is 2.84 bits per heavy atom. The Bertz CT molecular complexity index is 436. The smallest absolute Gasteiger partial charge is 0.219 e. The predicted octanol–water partition coefficient (Wildman–Crippen LogP) is 1.35. The minimum absolute atomic E-state index is 0.0833. The van der Waals surface area contributed by atoms with Crippen LogP contribution in [0.1, 0.15) is 37.7 Å². The summed E-state index contributed by atoms with van der Waals surface area (Å²) < 4.78 is 0. The Morgan fingerprint density at radius 2 is 2.26 bits per heavy atom. The summed E-state index contributed by atoms with van der Waals surface area (Å²) in [5, 5.41) is 3.19. The van der Waals surface area contributed by atoms with E-state index in [1.807, 2.05) is 13.8 Å². The summed E-state index contributed by atoms with van der Waals surface area (Å²) in [6.45, 7) is 6.95. The Hall–Kier alpha value is -1.98. The predicted molar refractivity (Wildman–Crippen MR) is 73.0 cm³/mol. The van der Waals surface area contributed by atoms with Crippen LogP contribution < -0.4 is 5.32 Å². The van der Waals surface area contributed by atoms with E-state index in [1.165, 1.54) is 6.33 Å². The van der Waals surface area contributed by atoms with E-state index in [4.69, 9.17) is 0 Å². The van der Waals surface area contributed by atoms with Gasteiger partial charge in [-0.15, -0.1) is 0 Å². The first kappa shape index (κ1) is 15.1. The summed E-state index contributed by atoms with van der Waals surface area (Å²) in [5.41, 5.74) is 0.351. The molecule has 1 rings (SSSR count). The highest BCUT2D eigenvalue weighted by atomic mass is 16.2. The lowest BCUT2D eigenvalue weighted by Crippen LogP contribution is -2.32. The number of hydrogen-bond acceptors (Lipinski definition) is 5. The van der Waals surface area contributed by atoms with Gasteiger partial charge in [0, 0.05) is 32.1 Å². The van der Waals surface area contributed by atoms with Crippen LogP contribution in [0.2, 0.25) is 0 Å². The molecular weight excluding hydrogens is 244 g/mol. The zero-order chi connectivity index (χ0) is 14.3. The van der Waals surface area contributed by atoms with Gasteiger partial charge in [0.25, 0.3) is 0 Å². The molecular formula is C13H20N4O2. The van der Waals surface area contributed by atoms with Gasteiger partial charge in [0.15, 0.2) is 6.29 Å². The van der Waals surface area contributed by atoms with Gasteiger partial charge in [-0.25, -0.2) is 9.97 Å². The highest BCUT2D eigenvalue weighted by Crippen LogP contribution is 2.07. The van der Waals surface area contributed by atoms with Gasteiger partial charge in [-0.2, -0.15) is 0 Å². The number of aromatic nitrogens is 2. The molecule has 104 valence electrons. The topological polar surface area (TPSA) is 75.2 Å². The molecule has 0 aliphatic carbocycles. The van der Waals surface area contributed by atoms with E-state index >= 15 is 0 Å². The normalized spacial score (nSPS) is 11.7. The van der Waals surface area contributed by atoms with Gasteiger partial charge >= 0.3 is 0 Å². The number of rotatable bonds is 7. The Kier molecular flexibility index (Phi) is 5.92. The number of aldehydes is 1. The average molecular weight is 264 g/mol. The van der Waals surface area contributed by atoms with Crippen molar-refractivity contribution in [3.8, 4) is 0 Å². The number of hydrogen-bond donors (Lipinski definition) is 1. The second-order valence-corrected chi connectivity index (χ2v) is 4.38. The van der Waals surface area contributed by atoms with E-state index in [-0.39, 0.29) is 11.9 Å². The van der Waals surface area contributed by atoms with Gasteiger partial charge in [0.2, 0.25) is 5.91 Å². The lowest BCUT2D eigenvalue weighted by Gasteiger charge is -2.22. The lowest BCUT2D eigenvalue weighted by molar-refractivity contribution is -0.128. The molecule has 1 unspecified atom stereocenters. The third-order valence-electron chi connectivity index (χ3n) is 2.86. The van der Waals surface area contributed by atoms with Crippen LogP contribution in [0.5, 0.6) is 0 Å². The largest absolute Gasteiger partial charge is 0.367 e. The van der Waals surface area contributed by atoms with Crippen LogP contribution in [-0.2, 0) is 4.79 Å². The molecule has 0 fully saturated rings. The molecule has 0 spiro atoms. The number of anilines is 1. The summed E-state index contributed by atoms with van der Waals surface area (Å²) >= 11 is 0. The minimum atomic E-state index is 0.0833. The summed E-state index contributed by atoms with van der Waals surface area (Å²) in [6, 6.07) is 1.76. The van der Waals surface area contributed by atoms with Gasteiger partial charge < -0.3 is 10.2 Å². The molecule has 1 atom stereocenters. The van der Waals surface area contributed by atoms with Gasteiger partial charge in [-0.05, 0) is 20.3 Å². The molecule has 6 nitrogen and oxygen atoms in total. The highest BCUT2D eigenvalue weighted by Gasteiger charge is 2.09. The minimum Gasteiger partial charge on any atom is -0.367 e. The Labute approximate surface area is 113 Å². The zero-order valence-electron chi connectivity index (χ0n) is 11.6. The quantitative estimate of drug-likeness (QED) is 0.752. The van der Waals surface area contributed by atoms with Crippen LogP contribution in [0.15, 0.2) is 12.4 Å². The monoisotopic (exact) mass is 264 g/mol. The first-order valence-electron chi connectivity index (χ1n) is 6.36. The van der Waals surface area contributed by atoms with Crippen LogP contribution in [0.25, 0.3) is 0 Å². The van der Waals surface area contributed by atoms with E-state index in [0.717, 1.165) is 6.42 Å². The van der Waals surface area contributed by atoms with Gasteiger partial charge in [0.1, 0.15) is 17.8 Å². The van der Waals surface area contributed by atoms with Crippen molar-refractivity contribution in [2.45, 2.75) is 33.2 Å².